The third-order valence-corrected chi connectivity index (χ3v) is 9.25. The smallest absolute Gasteiger partial charge is 0.243 e. The fourth-order valence-corrected chi connectivity index (χ4v) is 6.37. The fraction of sp³-hybridized carbons (Fsp3) is 0.355. The summed E-state index contributed by atoms with van der Waals surface area (Å²) in [6.45, 7) is 3.10. The highest BCUT2D eigenvalue weighted by Crippen LogP contribution is 2.22. The zero-order chi connectivity index (χ0) is 29.4. The molecule has 2 amide bonds. The number of rotatable bonds is 12. The Bertz CT molecular complexity index is 1440. The lowest BCUT2D eigenvalue weighted by atomic mass is 10.1. The normalized spacial score (nSPS) is 14.4. The van der Waals surface area contributed by atoms with E-state index in [9.17, 15) is 22.4 Å². The second kappa shape index (κ2) is 13.7. The lowest BCUT2D eigenvalue weighted by molar-refractivity contribution is -0.140. The van der Waals surface area contributed by atoms with Crippen LogP contribution in [0, 0.1) is 5.82 Å². The first-order chi connectivity index (χ1) is 19.7. The van der Waals surface area contributed by atoms with Gasteiger partial charge < -0.3 is 15.0 Å². The lowest BCUT2D eigenvalue weighted by Gasteiger charge is -2.29. The molecule has 0 radical (unpaired) electrons. The van der Waals surface area contributed by atoms with Crippen molar-refractivity contribution >= 4 is 21.8 Å². The molecule has 0 bridgehead atoms. The number of carbonyl (C=O) groups excluding carboxylic acids is 2. The van der Waals surface area contributed by atoms with Crippen LogP contribution in [0.1, 0.15) is 42.9 Å². The molecule has 1 atom stereocenters. The fourth-order valence-electron chi connectivity index (χ4n) is 4.85. The molecule has 4 rings (SSSR count). The number of ether oxygens (including phenoxy) is 1. The molecule has 8 nitrogen and oxygen atoms in total. The first-order valence-corrected chi connectivity index (χ1v) is 15.2. The van der Waals surface area contributed by atoms with Crippen molar-refractivity contribution in [2.45, 2.75) is 56.6 Å². The van der Waals surface area contributed by atoms with E-state index < -0.39 is 16.1 Å². The molecule has 0 saturated carbocycles. The van der Waals surface area contributed by atoms with E-state index in [0.29, 0.717) is 30.8 Å². The molecule has 1 saturated heterocycles. The van der Waals surface area contributed by atoms with Crippen LogP contribution in [0.5, 0.6) is 5.75 Å². The zero-order valence-electron chi connectivity index (χ0n) is 23.4. The van der Waals surface area contributed by atoms with Gasteiger partial charge in [0.05, 0.1) is 12.0 Å². The monoisotopic (exact) mass is 581 g/mol. The quantitative estimate of drug-likeness (QED) is 0.345. The average molecular weight is 582 g/mol. The van der Waals surface area contributed by atoms with Crippen LogP contribution in [-0.2, 0) is 39.1 Å². The Morgan fingerprint density at radius 2 is 1.61 bits per heavy atom. The highest BCUT2D eigenvalue weighted by atomic mass is 32.2. The van der Waals surface area contributed by atoms with Gasteiger partial charge in [-0.15, -0.1) is 0 Å². The molecule has 0 unspecified atom stereocenters. The summed E-state index contributed by atoms with van der Waals surface area (Å²) in [7, 11) is -1.95. The molecule has 3 aromatic rings. The summed E-state index contributed by atoms with van der Waals surface area (Å²) < 4.78 is 46.0. The molecule has 1 fully saturated rings. The van der Waals surface area contributed by atoms with Gasteiger partial charge in [0.15, 0.2) is 0 Å². The average Bonchev–Trinajstić information content (AvgIpc) is 3.55. The Balaban J connectivity index is 1.43. The molecule has 0 aliphatic carbocycles. The van der Waals surface area contributed by atoms with E-state index in [0.717, 1.165) is 24.0 Å². The van der Waals surface area contributed by atoms with E-state index in [1.165, 1.54) is 21.3 Å². The molecule has 1 aliphatic heterocycles. The van der Waals surface area contributed by atoms with Gasteiger partial charge in [0.2, 0.25) is 21.8 Å². The van der Waals surface area contributed by atoms with Crippen LogP contribution in [0.2, 0.25) is 0 Å². The predicted molar refractivity (Wildman–Crippen MR) is 154 cm³/mol. The summed E-state index contributed by atoms with van der Waals surface area (Å²) in [5.41, 5.74) is 2.32. The van der Waals surface area contributed by atoms with Gasteiger partial charge in [-0.2, -0.15) is 4.31 Å². The van der Waals surface area contributed by atoms with Crippen LogP contribution < -0.4 is 10.1 Å². The van der Waals surface area contributed by atoms with E-state index in [1.807, 2.05) is 24.3 Å². The number of carbonyl (C=O) groups is 2. The number of para-hydroxylation sites is 1. The van der Waals surface area contributed by atoms with Crippen molar-refractivity contribution < 1.29 is 27.1 Å². The molecule has 1 heterocycles. The van der Waals surface area contributed by atoms with Gasteiger partial charge in [-0.25, -0.2) is 12.8 Å². The Labute approximate surface area is 241 Å². The lowest BCUT2D eigenvalue weighted by Crippen LogP contribution is -2.47. The maximum Gasteiger partial charge on any atom is 0.243 e. The Morgan fingerprint density at radius 1 is 0.976 bits per heavy atom. The van der Waals surface area contributed by atoms with Crippen LogP contribution in [0.3, 0.4) is 0 Å². The molecule has 41 heavy (non-hydrogen) atoms. The summed E-state index contributed by atoms with van der Waals surface area (Å²) in [6, 6.07) is 19.0. The Morgan fingerprint density at radius 3 is 2.27 bits per heavy atom. The van der Waals surface area contributed by atoms with Crippen molar-refractivity contribution in [3.8, 4) is 5.75 Å². The minimum absolute atomic E-state index is 0.115. The first kappa shape index (κ1) is 30.2. The summed E-state index contributed by atoms with van der Waals surface area (Å²) in [6.07, 6.45) is 2.22. The third kappa shape index (κ3) is 7.71. The van der Waals surface area contributed by atoms with E-state index in [-0.39, 0.29) is 42.0 Å². The van der Waals surface area contributed by atoms with Crippen LogP contribution >= 0.6 is 0 Å². The van der Waals surface area contributed by atoms with E-state index in [2.05, 4.69) is 5.32 Å². The number of nitrogens with zero attached hydrogens (tertiary/aromatic N) is 2. The topological polar surface area (TPSA) is 96.0 Å². The van der Waals surface area contributed by atoms with E-state index >= 15 is 0 Å². The summed E-state index contributed by atoms with van der Waals surface area (Å²) in [5.74, 6) is -0.311. The molecule has 10 heteroatoms. The number of hydrogen-bond donors (Lipinski definition) is 1. The SMILES string of the molecule is COc1ccccc1CNC(=O)[C@H](C)N(Cc1ccc(F)cc1)C(=O)CCc1ccc(S(=O)(=O)N2CCCC2)cc1. The molecule has 1 N–H and O–H groups in total. The first-order valence-electron chi connectivity index (χ1n) is 13.7. The number of aryl methyl sites for hydroxylation is 1. The zero-order valence-corrected chi connectivity index (χ0v) is 24.2. The second-order valence-electron chi connectivity index (χ2n) is 10.1. The largest absolute Gasteiger partial charge is 0.496 e. The number of halogens is 1. The summed E-state index contributed by atoms with van der Waals surface area (Å²) >= 11 is 0. The number of methoxy groups -OCH3 is 1. The van der Waals surface area contributed by atoms with Gasteiger partial charge in [-0.1, -0.05) is 42.5 Å². The van der Waals surface area contributed by atoms with Crippen LogP contribution in [-0.4, -0.2) is 55.7 Å². The second-order valence-corrected chi connectivity index (χ2v) is 12.0. The van der Waals surface area contributed by atoms with Crippen molar-refractivity contribution in [1.82, 2.24) is 14.5 Å². The van der Waals surface area contributed by atoms with Crippen molar-refractivity contribution in [1.29, 1.82) is 0 Å². The number of nitrogens with one attached hydrogen (secondary N) is 1. The summed E-state index contributed by atoms with van der Waals surface area (Å²) in [4.78, 5) is 28.3. The van der Waals surface area contributed by atoms with Gasteiger partial charge in [0, 0.05) is 38.2 Å². The van der Waals surface area contributed by atoms with Crippen molar-refractivity contribution in [2.24, 2.45) is 0 Å². The van der Waals surface area contributed by atoms with Gasteiger partial charge in [0.25, 0.3) is 0 Å². The molecule has 3 aromatic carbocycles. The van der Waals surface area contributed by atoms with Gasteiger partial charge in [-0.3, -0.25) is 9.59 Å². The highest BCUT2D eigenvalue weighted by molar-refractivity contribution is 7.89. The molecular weight excluding hydrogens is 545 g/mol. The van der Waals surface area contributed by atoms with Crippen LogP contribution in [0.4, 0.5) is 4.39 Å². The Hall–Kier alpha value is -3.76. The predicted octanol–water partition coefficient (Wildman–Crippen LogP) is 4.29. The third-order valence-electron chi connectivity index (χ3n) is 7.33. The highest BCUT2D eigenvalue weighted by Gasteiger charge is 2.28. The number of hydrogen-bond acceptors (Lipinski definition) is 5. The minimum atomic E-state index is -3.51. The van der Waals surface area contributed by atoms with E-state index in [4.69, 9.17) is 4.74 Å². The minimum Gasteiger partial charge on any atom is -0.496 e. The van der Waals surface area contributed by atoms with Gasteiger partial charge in [-0.05, 0) is 67.6 Å². The summed E-state index contributed by atoms with van der Waals surface area (Å²) in [5, 5.41) is 2.89. The molecular formula is C31H36FN3O5S. The maximum atomic E-state index is 13.5. The molecule has 0 spiro atoms. The van der Waals surface area contributed by atoms with Gasteiger partial charge >= 0.3 is 0 Å². The molecule has 218 valence electrons. The van der Waals surface area contributed by atoms with Crippen LogP contribution in [0.25, 0.3) is 0 Å². The number of benzene rings is 3. The number of amides is 2. The van der Waals surface area contributed by atoms with Crippen LogP contribution in [0.15, 0.2) is 77.7 Å². The molecule has 0 aromatic heterocycles. The van der Waals surface area contributed by atoms with Crippen molar-refractivity contribution in [3.63, 3.8) is 0 Å². The van der Waals surface area contributed by atoms with Gasteiger partial charge in [0.1, 0.15) is 17.6 Å². The Kier molecular flexibility index (Phi) is 10.1. The molecule has 1 aliphatic rings. The standard InChI is InChI=1S/C31H36FN3O5S/c1-23(31(37)33-21-26-7-3-4-8-29(26)40-2)35(22-25-9-14-27(32)15-10-25)30(36)18-13-24-11-16-28(17-12-24)41(38,39)34-19-5-6-20-34/h3-4,7-12,14-17,23H,5-6,13,18-22H2,1-2H3,(H,33,37)/t23-/m0/s1. The van der Waals surface area contributed by atoms with E-state index in [1.54, 1.807) is 50.4 Å². The maximum absolute atomic E-state index is 13.5. The van der Waals surface area contributed by atoms with Crippen molar-refractivity contribution in [2.75, 3.05) is 20.2 Å². The van der Waals surface area contributed by atoms with Crippen molar-refractivity contribution in [3.05, 3.63) is 95.3 Å². The number of sulfonamides is 1.